The first-order valence-corrected chi connectivity index (χ1v) is 10.9. The van der Waals surface area contributed by atoms with E-state index in [0.29, 0.717) is 12.0 Å². The molecule has 160 valence electrons. The monoisotopic (exact) mass is 402 g/mol. The second-order valence-corrected chi connectivity index (χ2v) is 8.20. The van der Waals surface area contributed by atoms with Crippen molar-refractivity contribution in [3.63, 3.8) is 0 Å². The van der Waals surface area contributed by atoms with Crippen LogP contribution in [0.15, 0.2) is 18.3 Å². The summed E-state index contributed by atoms with van der Waals surface area (Å²) in [7, 11) is 2.06. The second kappa shape index (κ2) is 9.28. The van der Waals surface area contributed by atoms with Crippen LogP contribution in [0.3, 0.4) is 0 Å². The number of nitrogens with zero attached hydrogens (tertiary/aromatic N) is 6. The molecule has 0 aliphatic carbocycles. The first-order valence-electron chi connectivity index (χ1n) is 10.9. The van der Waals surface area contributed by atoms with E-state index in [1.807, 2.05) is 6.92 Å². The molecule has 0 saturated carbocycles. The number of rotatable bonds is 8. The predicted molar refractivity (Wildman–Crippen MR) is 113 cm³/mol. The van der Waals surface area contributed by atoms with E-state index in [1.54, 1.807) is 0 Å². The Morgan fingerprint density at radius 2 is 2.17 bits per heavy atom. The third kappa shape index (κ3) is 4.49. The number of hydrogen-bond donors (Lipinski definition) is 0. The lowest BCUT2D eigenvalue weighted by molar-refractivity contribution is 0.0922. The van der Waals surface area contributed by atoms with Crippen LogP contribution in [0, 0.1) is 5.92 Å². The Kier molecular flexibility index (Phi) is 6.52. The van der Waals surface area contributed by atoms with Crippen LogP contribution in [-0.4, -0.2) is 82.9 Å². The summed E-state index contributed by atoms with van der Waals surface area (Å²) in [6.45, 7) is 12.4. The molecular weight excluding hydrogens is 368 g/mol. The van der Waals surface area contributed by atoms with Gasteiger partial charge in [-0.25, -0.2) is 0 Å². The maximum Gasteiger partial charge on any atom is 0.227 e. The molecule has 2 fully saturated rings. The zero-order chi connectivity index (χ0) is 20.2. The molecule has 8 nitrogen and oxygen atoms in total. The molecule has 0 spiro atoms. The molecular formula is C21H34N6O2. The molecule has 0 N–H and O–H groups in total. The molecule has 0 bridgehead atoms. The van der Waals surface area contributed by atoms with E-state index in [1.165, 1.54) is 0 Å². The Labute approximate surface area is 173 Å². The minimum absolute atomic E-state index is 0.461. The van der Waals surface area contributed by atoms with Gasteiger partial charge in [-0.1, -0.05) is 0 Å². The fraction of sp³-hybridized carbons (Fsp3) is 0.714. The standard InChI is InChI=1S/C21H34N6O2/c1-4-28-13-11-25-9-10-26(14-17(25)2)21-23-22-20(19-6-5-8-24(19)3)27(21)15-18-7-12-29-16-18/h5-6,8,17-18H,4,7,9-16H2,1-3H3/t17-,18+/m1/s1. The average Bonchev–Trinajstić information content (AvgIpc) is 3.45. The van der Waals surface area contributed by atoms with E-state index in [9.17, 15) is 0 Å². The van der Waals surface area contributed by atoms with Gasteiger partial charge in [-0.05, 0) is 32.4 Å². The number of aryl methyl sites for hydroxylation is 1. The van der Waals surface area contributed by atoms with Gasteiger partial charge in [0.2, 0.25) is 5.95 Å². The maximum atomic E-state index is 5.63. The van der Waals surface area contributed by atoms with Crippen LogP contribution in [-0.2, 0) is 23.1 Å². The summed E-state index contributed by atoms with van der Waals surface area (Å²) in [5.41, 5.74) is 1.10. The van der Waals surface area contributed by atoms with Crippen LogP contribution in [0.25, 0.3) is 11.5 Å². The third-order valence-corrected chi connectivity index (χ3v) is 6.14. The fourth-order valence-electron chi connectivity index (χ4n) is 4.40. The van der Waals surface area contributed by atoms with Crippen LogP contribution in [0.5, 0.6) is 0 Å². The number of ether oxygens (including phenoxy) is 2. The highest BCUT2D eigenvalue weighted by molar-refractivity contribution is 5.54. The Hall–Kier alpha value is -1.90. The molecule has 2 aromatic heterocycles. The molecule has 0 aromatic carbocycles. The van der Waals surface area contributed by atoms with Gasteiger partial charge in [-0.15, -0.1) is 10.2 Å². The molecule has 2 atom stereocenters. The normalized spacial score (nSPS) is 23.2. The van der Waals surface area contributed by atoms with Gasteiger partial charge in [0, 0.05) is 71.1 Å². The predicted octanol–water partition coefficient (Wildman–Crippen LogP) is 1.87. The summed E-state index contributed by atoms with van der Waals surface area (Å²) in [5, 5.41) is 9.27. The van der Waals surface area contributed by atoms with Crippen LogP contribution >= 0.6 is 0 Å². The van der Waals surface area contributed by atoms with Gasteiger partial charge in [0.1, 0.15) is 0 Å². The van der Waals surface area contributed by atoms with Crippen molar-refractivity contribution < 1.29 is 9.47 Å². The quantitative estimate of drug-likeness (QED) is 0.628. The number of anilines is 1. The molecule has 4 rings (SSSR count). The summed E-state index contributed by atoms with van der Waals surface area (Å²) < 4.78 is 15.6. The molecule has 29 heavy (non-hydrogen) atoms. The summed E-state index contributed by atoms with van der Waals surface area (Å²) in [6, 6.07) is 4.64. The molecule has 0 amide bonds. The lowest BCUT2D eigenvalue weighted by Crippen LogP contribution is -2.53. The maximum absolute atomic E-state index is 5.63. The van der Waals surface area contributed by atoms with E-state index >= 15 is 0 Å². The zero-order valence-corrected chi connectivity index (χ0v) is 18.0. The zero-order valence-electron chi connectivity index (χ0n) is 18.0. The van der Waals surface area contributed by atoms with Crippen molar-refractivity contribution in [3.8, 4) is 11.5 Å². The third-order valence-electron chi connectivity index (χ3n) is 6.14. The van der Waals surface area contributed by atoms with Gasteiger partial charge in [0.15, 0.2) is 5.82 Å². The fourth-order valence-corrected chi connectivity index (χ4v) is 4.40. The topological polar surface area (TPSA) is 60.6 Å². The van der Waals surface area contributed by atoms with Crippen molar-refractivity contribution in [1.29, 1.82) is 0 Å². The average molecular weight is 403 g/mol. The molecule has 2 aliphatic heterocycles. The Morgan fingerprint density at radius 3 is 2.86 bits per heavy atom. The van der Waals surface area contributed by atoms with Gasteiger partial charge in [0.25, 0.3) is 0 Å². The van der Waals surface area contributed by atoms with Crippen molar-refractivity contribution >= 4 is 5.95 Å². The Balaban J connectivity index is 1.54. The van der Waals surface area contributed by atoms with E-state index in [0.717, 1.165) is 83.0 Å². The van der Waals surface area contributed by atoms with Crippen molar-refractivity contribution in [1.82, 2.24) is 24.2 Å². The van der Waals surface area contributed by atoms with Crippen LogP contribution in [0.1, 0.15) is 20.3 Å². The summed E-state index contributed by atoms with van der Waals surface area (Å²) in [6.07, 6.45) is 3.16. The van der Waals surface area contributed by atoms with Crippen molar-refractivity contribution in [3.05, 3.63) is 18.3 Å². The lowest BCUT2D eigenvalue weighted by Gasteiger charge is -2.40. The van der Waals surface area contributed by atoms with Crippen molar-refractivity contribution in [2.45, 2.75) is 32.9 Å². The van der Waals surface area contributed by atoms with Crippen LogP contribution in [0.2, 0.25) is 0 Å². The molecule has 2 saturated heterocycles. The van der Waals surface area contributed by atoms with Gasteiger partial charge in [0.05, 0.1) is 18.9 Å². The highest BCUT2D eigenvalue weighted by Gasteiger charge is 2.29. The molecule has 0 unspecified atom stereocenters. The highest BCUT2D eigenvalue weighted by Crippen LogP contribution is 2.27. The SMILES string of the molecule is CCOCCN1CCN(c2nnc(-c3cccn3C)n2C[C@@H]2CCOC2)C[C@H]1C. The molecule has 2 aliphatic rings. The number of hydrogen-bond acceptors (Lipinski definition) is 6. The van der Waals surface area contributed by atoms with Gasteiger partial charge in [-0.2, -0.15) is 0 Å². The van der Waals surface area contributed by atoms with E-state index in [4.69, 9.17) is 9.47 Å². The Morgan fingerprint density at radius 1 is 1.28 bits per heavy atom. The first kappa shape index (κ1) is 20.4. The van der Waals surface area contributed by atoms with Gasteiger partial charge in [-0.3, -0.25) is 9.47 Å². The summed E-state index contributed by atoms with van der Waals surface area (Å²) in [4.78, 5) is 4.91. The first-order chi connectivity index (χ1) is 14.2. The molecule has 2 aromatic rings. The highest BCUT2D eigenvalue weighted by atomic mass is 16.5. The van der Waals surface area contributed by atoms with Gasteiger partial charge < -0.3 is 18.9 Å². The number of piperazine rings is 1. The second-order valence-electron chi connectivity index (χ2n) is 8.20. The smallest absolute Gasteiger partial charge is 0.227 e. The molecule has 8 heteroatoms. The number of aromatic nitrogens is 4. The van der Waals surface area contributed by atoms with Crippen molar-refractivity contribution in [2.24, 2.45) is 13.0 Å². The van der Waals surface area contributed by atoms with Gasteiger partial charge >= 0.3 is 0 Å². The Bertz CT molecular complexity index is 782. The van der Waals surface area contributed by atoms with E-state index in [2.05, 4.69) is 61.4 Å². The summed E-state index contributed by atoms with van der Waals surface area (Å²) in [5.74, 6) is 2.46. The minimum Gasteiger partial charge on any atom is -0.381 e. The van der Waals surface area contributed by atoms with Crippen LogP contribution in [0.4, 0.5) is 5.95 Å². The molecule has 4 heterocycles. The largest absolute Gasteiger partial charge is 0.381 e. The lowest BCUT2D eigenvalue weighted by atomic mass is 10.1. The van der Waals surface area contributed by atoms with E-state index < -0.39 is 0 Å². The summed E-state index contributed by atoms with van der Waals surface area (Å²) >= 11 is 0. The molecule has 0 radical (unpaired) electrons. The van der Waals surface area contributed by atoms with E-state index in [-0.39, 0.29) is 0 Å². The minimum atomic E-state index is 0.461. The van der Waals surface area contributed by atoms with Crippen LogP contribution < -0.4 is 4.90 Å². The van der Waals surface area contributed by atoms with Crippen molar-refractivity contribution in [2.75, 3.05) is 57.5 Å².